The van der Waals surface area contributed by atoms with Crippen LogP contribution in [0.3, 0.4) is 0 Å². The first-order chi connectivity index (χ1) is 24.0. The fraction of sp³-hybridized carbons (Fsp3) is 0.286. The van der Waals surface area contributed by atoms with Crippen LogP contribution in [0.25, 0.3) is 0 Å². The lowest BCUT2D eigenvalue weighted by Gasteiger charge is -2.40. The Balaban J connectivity index is 1.43. The summed E-state index contributed by atoms with van der Waals surface area (Å²) in [5.74, 6) is -0.793. The van der Waals surface area contributed by atoms with E-state index >= 15 is 0 Å². The van der Waals surface area contributed by atoms with Gasteiger partial charge in [0.2, 0.25) is 0 Å². The minimum absolute atomic E-state index is 0.0613. The topological polar surface area (TPSA) is 80.3 Å². The number of ether oxygens (including phenoxy) is 5. The van der Waals surface area contributed by atoms with Crippen LogP contribution < -0.4 is 0 Å². The lowest BCUT2D eigenvalue weighted by atomic mass is 9.67. The summed E-state index contributed by atoms with van der Waals surface area (Å²) in [4.78, 5) is 28.1. The van der Waals surface area contributed by atoms with Crippen LogP contribution >= 0.6 is 0 Å². The molecule has 0 aromatic heterocycles. The highest BCUT2D eigenvalue weighted by Gasteiger charge is 2.57. The predicted octanol–water partition coefficient (Wildman–Crippen LogP) is 7.61. The van der Waals surface area contributed by atoms with Crippen molar-refractivity contribution in [1.82, 2.24) is 0 Å². The van der Waals surface area contributed by atoms with Crippen molar-refractivity contribution in [2.75, 3.05) is 26.4 Å². The molecule has 0 N–H and O–H groups in total. The number of carbonyl (C=O) groups excluding carboxylic acids is 2. The van der Waals surface area contributed by atoms with Gasteiger partial charge in [0.1, 0.15) is 24.7 Å². The van der Waals surface area contributed by atoms with Gasteiger partial charge in [-0.25, -0.2) is 9.59 Å². The molecule has 4 aromatic carbocycles. The van der Waals surface area contributed by atoms with E-state index in [1.807, 2.05) is 135 Å². The molecule has 3 aliphatic heterocycles. The number of hydrogen-bond acceptors (Lipinski definition) is 7. The third-order valence-electron chi connectivity index (χ3n) is 9.98. The molecule has 4 aromatic rings. The molecule has 1 saturated heterocycles. The molecule has 7 rings (SSSR count). The van der Waals surface area contributed by atoms with Crippen molar-refractivity contribution < 1.29 is 33.3 Å². The Kier molecular flexibility index (Phi) is 9.11. The van der Waals surface area contributed by atoms with Gasteiger partial charge in [-0.05, 0) is 26.7 Å². The summed E-state index contributed by atoms with van der Waals surface area (Å²) in [7, 11) is 0. The van der Waals surface area contributed by atoms with Crippen LogP contribution in [0.1, 0.15) is 48.9 Å². The molecule has 250 valence electrons. The smallest absolute Gasteiger partial charge is 0.337 e. The van der Waals surface area contributed by atoms with Crippen molar-refractivity contribution >= 4 is 11.9 Å². The molecular formula is C42H40O7. The van der Waals surface area contributed by atoms with Crippen LogP contribution in [0, 0.1) is 11.8 Å². The van der Waals surface area contributed by atoms with E-state index in [-0.39, 0.29) is 26.4 Å². The molecule has 0 spiro atoms. The Hall–Kier alpha value is -5.14. The Morgan fingerprint density at radius 3 is 1.08 bits per heavy atom. The van der Waals surface area contributed by atoms with Crippen molar-refractivity contribution in [1.29, 1.82) is 0 Å². The van der Waals surface area contributed by atoms with Gasteiger partial charge in [0.25, 0.3) is 0 Å². The molecule has 3 aliphatic rings. The van der Waals surface area contributed by atoms with E-state index in [4.69, 9.17) is 23.7 Å². The third-order valence-corrected chi connectivity index (χ3v) is 9.98. The first kappa shape index (κ1) is 32.4. The first-order valence-corrected chi connectivity index (χ1v) is 16.9. The number of esters is 2. The van der Waals surface area contributed by atoms with E-state index in [1.54, 1.807) is 0 Å². The summed E-state index contributed by atoms with van der Waals surface area (Å²) in [5, 5.41) is 0. The zero-order valence-corrected chi connectivity index (χ0v) is 27.8. The summed E-state index contributed by atoms with van der Waals surface area (Å²) in [6.45, 7) is 4.14. The first-order valence-electron chi connectivity index (χ1n) is 16.9. The second kappa shape index (κ2) is 13.8. The van der Waals surface area contributed by atoms with Crippen LogP contribution in [0.15, 0.2) is 144 Å². The van der Waals surface area contributed by atoms with Crippen molar-refractivity contribution in [2.45, 2.75) is 37.9 Å². The summed E-state index contributed by atoms with van der Waals surface area (Å²) in [6, 6.07) is 40.1. The number of benzene rings is 4. The molecule has 2 atom stereocenters. The Labute approximate surface area is 287 Å². The van der Waals surface area contributed by atoms with E-state index in [0.717, 1.165) is 22.3 Å². The summed E-state index contributed by atoms with van der Waals surface area (Å²) in [6.07, 6.45) is 0.920. The zero-order chi connectivity index (χ0) is 33.8. The molecular weight excluding hydrogens is 616 g/mol. The molecule has 0 radical (unpaired) electrons. The van der Waals surface area contributed by atoms with Gasteiger partial charge in [0, 0.05) is 34.1 Å². The van der Waals surface area contributed by atoms with Crippen molar-refractivity contribution in [2.24, 2.45) is 11.8 Å². The monoisotopic (exact) mass is 656 g/mol. The van der Waals surface area contributed by atoms with Crippen molar-refractivity contribution in [3.8, 4) is 0 Å². The molecule has 7 nitrogen and oxygen atoms in total. The average Bonchev–Trinajstić information content (AvgIpc) is 3.62. The number of carbonyl (C=O) groups is 2. The quantitative estimate of drug-likeness (QED) is 0.209. The van der Waals surface area contributed by atoms with Crippen LogP contribution in [0.5, 0.6) is 0 Å². The second-order valence-corrected chi connectivity index (χ2v) is 12.6. The zero-order valence-electron chi connectivity index (χ0n) is 27.8. The molecule has 7 heteroatoms. The van der Waals surface area contributed by atoms with E-state index in [0.29, 0.717) is 35.5 Å². The highest BCUT2D eigenvalue weighted by molar-refractivity contribution is 5.92. The normalized spacial score (nSPS) is 22.4. The molecule has 0 saturated carbocycles. The molecule has 3 heterocycles. The van der Waals surface area contributed by atoms with Gasteiger partial charge in [-0.15, -0.1) is 0 Å². The minimum atomic E-state index is -1.04. The lowest BCUT2D eigenvalue weighted by Crippen LogP contribution is -2.40. The Bertz CT molecular complexity index is 1630. The van der Waals surface area contributed by atoms with Crippen LogP contribution in [-0.2, 0) is 44.5 Å². The van der Waals surface area contributed by atoms with Gasteiger partial charge in [-0.1, -0.05) is 121 Å². The molecule has 0 bridgehead atoms. The minimum Gasteiger partial charge on any atom is -0.481 e. The number of rotatable bonds is 4. The molecule has 1 fully saturated rings. The maximum Gasteiger partial charge on any atom is 0.337 e. The SMILES string of the molecule is CC1=C2C(=O)OCCOCCOC(=O)C3=C(C)OC(c4ccccc4)(c4ccccc4)C3CCC2C(c2ccccc2)(c2ccccc2)O1. The maximum atomic E-state index is 14.1. The van der Waals surface area contributed by atoms with Crippen LogP contribution in [0.4, 0.5) is 0 Å². The Morgan fingerprint density at radius 1 is 0.469 bits per heavy atom. The molecule has 0 aliphatic carbocycles. The van der Waals surface area contributed by atoms with Crippen LogP contribution in [-0.4, -0.2) is 38.4 Å². The van der Waals surface area contributed by atoms with Gasteiger partial charge < -0.3 is 23.7 Å². The second-order valence-electron chi connectivity index (χ2n) is 12.6. The number of allylic oxidation sites excluding steroid dienone is 2. The lowest BCUT2D eigenvalue weighted by molar-refractivity contribution is -0.142. The van der Waals surface area contributed by atoms with E-state index in [1.165, 1.54) is 0 Å². The summed E-state index contributed by atoms with van der Waals surface area (Å²) < 4.78 is 31.3. The number of cyclic esters (lactones) is 2. The van der Waals surface area contributed by atoms with Gasteiger partial charge in [-0.2, -0.15) is 0 Å². The molecule has 49 heavy (non-hydrogen) atoms. The van der Waals surface area contributed by atoms with Gasteiger partial charge in [0.15, 0.2) is 11.2 Å². The van der Waals surface area contributed by atoms with E-state index in [9.17, 15) is 9.59 Å². The average molecular weight is 657 g/mol. The third kappa shape index (κ3) is 5.72. The van der Waals surface area contributed by atoms with Crippen molar-refractivity contribution in [3.05, 3.63) is 166 Å². The van der Waals surface area contributed by atoms with Crippen LogP contribution in [0.2, 0.25) is 0 Å². The predicted molar refractivity (Wildman–Crippen MR) is 184 cm³/mol. The van der Waals surface area contributed by atoms with E-state index < -0.39 is 35.0 Å². The Morgan fingerprint density at radius 2 is 0.776 bits per heavy atom. The fourth-order valence-corrected chi connectivity index (χ4v) is 7.99. The number of hydrogen-bond donors (Lipinski definition) is 0. The fourth-order valence-electron chi connectivity index (χ4n) is 7.99. The number of fused-ring (bicyclic) bond motifs is 2. The van der Waals surface area contributed by atoms with Gasteiger partial charge in [-0.3, -0.25) is 0 Å². The standard InChI is InChI=1S/C42H40O7/c1-29-37-35(41(48-29,31-15-7-3-8-16-31)32-17-9-4-10-18-32)23-24-36-38(40(44)47-28-26-45-25-27-46-39(37)43)30(2)49-42(36,33-19-11-5-12-20-33)34-21-13-6-14-22-34/h3-22,35-36H,23-28H2,1-2H3. The van der Waals surface area contributed by atoms with Gasteiger partial charge in [0.05, 0.1) is 24.4 Å². The molecule has 2 unspecified atom stereocenters. The van der Waals surface area contributed by atoms with Crippen molar-refractivity contribution in [3.63, 3.8) is 0 Å². The molecule has 0 amide bonds. The highest BCUT2D eigenvalue weighted by Crippen LogP contribution is 2.57. The largest absolute Gasteiger partial charge is 0.481 e. The highest BCUT2D eigenvalue weighted by atomic mass is 16.6. The van der Waals surface area contributed by atoms with Gasteiger partial charge >= 0.3 is 11.9 Å². The van der Waals surface area contributed by atoms with E-state index in [2.05, 4.69) is 0 Å². The summed E-state index contributed by atoms with van der Waals surface area (Å²) in [5.41, 5.74) is 2.57. The summed E-state index contributed by atoms with van der Waals surface area (Å²) >= 11 is 0. The maximum absolute atomic E-state index is 14.1.